The van der Waals surface area contributed by atoms with Gasteiger partial charge in [0.25, 0.3) is 15.5 Å². The number of anilines is 2. The van der Waals surface area contributed by atoms with Gasteiger partial charge in [0.2, 0.25) is 0 Å². The Hall–Kier alpha value is -2.82. The smallest absolute Gasteiger partial charge is 0.368 e. The van der Waals surface area contributed by atoms with Gasteiger partial charge in [-0.3, -0.25) is 10.1 Å². The minimum absolute atomic E-state index is 0.0972. The van der Waals surface area contributed by atoms with Crippen molar-refractivity contribution in [3.8, 4) is 0 Å². The molecular formula is C18H18F3N3O4S. The average molecular weight is 429 g/mol. The van der Waals surface area contributed by atoms with Gasteiger partial charge in [0.05, 0.1) is 9.82 Å². The summed E-state index contributed by atoms with van der Waals surface area (Å²) in [5.74, 6) is 0. The summed E-state index contributed by atoms with van der Waals surface area (Å²) in [6.07, 6.45) is 0. The molecule has 2 aromatic carbocycles. The van der Waals surface area contributed by atoms with E-state index in [0.717, 1.165) is 23.4 Å². The monoisotopic (exact) mass is 429 g/mol. The minimum Gasteiger partial charge on any atom is -0.368 e. The molecule has 0 aromatic heterocycles. The van der Waals surface area contributed by atoms with Crippen molar-refractivity contribution in [2.24, 2.45) is 0 Å². The highest BCUT2D eigenvalue weighted by atomic mass is 32.2. The van der Waals surface area contributed by atoms with Gasteiger partial charge in [-0.2, -0.15) is 13.2 Å². The van der Waals surface area contributed by atoms with Crippen LogP contribution in [0.25, 0.3) is 0 Å². The van der Waals surface area contributed by atoms with E-state index in [0.29, 0.717) is 32.2 Å². The maximum absolute atomic E-state index is 12.8. The number of nitro groups is 1. The normalized spacial score (nSPS) is 15.4. The fraction of sp³-hybridized carbons (Fsp3) is 0.333. The molecule has 1 fully saturated rings. The van der Waals surface area contributed by atoms with Crippen LogP contribution in [0.2, 0.25) is 0 Å². The molecule has 0 saturated carbocycles. The quantitative estimate of drug-likeness (QED) is 0.546. The molecule has 1 heterocycles. The first-order valence-corrected chi connectivity index (χ1v) is 10.2. The first-order valence-electron chi connectivity index (χ1n) is 8.67. The highest BCUT2D eigenvalue weighted by Gasteiger charge is 2.47. The van der Waals surface area contributed by atoms with E-state index in [1.165, 1.54) is 0 Å². The van der Waals surface area contributed by atoms with Gasteiger partial charge >= 0.3 is 5.51 Å². The van der Waals surface area contributed by atoms with Crippen molar-refractivity contribution in [1.82, 2.24) is 0 Å². The van der Waals surface area contributed by atoms with Crippen LogP contribution in [-0.2, 0) is 9.84 Å². The van der Waals surface area contributed by atoms with Crippen molar-refractivity contribution >= 4 is 26.9 Å². The van der Waals surface area contributed by atoms with Crippen LogP contribution in [0.4, 0.5) is 30.2 Å². The first-order chi connectivity index (χ1) is 13.5. The van der Waals surface area contributed by atoms with E-state index in [9.17, 15) is 31.7 Å². The molecule has 1 aliphatic heterocycles. The van der Waals surface area contributed by atoms with E-state index in [1.807, 2.05) is 31.2 Å². The average Bonchev–Trinajstić information content (AvgIpc) is 2.66. The van der Waals surface area contributed by atoms with Crippen molar-refractivity contribution in [2.45, 2.75) is 17.3 Å². The molecule has 0 atom stereocenters. The Morgan fingerprint density at radius 3 is 2.17 bits per heavy atom. The van der Waals surface area contributed by atoms with E-state index < -0.39 is 30.9 Å². The van der Waals surface area contributed by atoms with Crippen LogP contribution in [0.15, 0.2) is 47.4 Å². The van der Waals surface area contributed by atoms with Crippen LogP contribution < -0.4 is 9.80 Å². The Kier molecular flexibility index (Phi) is 5.44. The zero-order chi connectivity index (χ0) is 21.4. The summed E-state index contributed by atoms with van der Waals surface area (Å²) in [7, 11) is -5.66. The Balaban J connectivity index is 1.85. The molecule has 1 saturated heterocycles. The number of benzene rings is 2. The molecule has 29 heavy (non-hydrogen) atoms. The molecule has 0 radical (unpaired) electrons. The highest BCUT2D eigenvalue weighted by Crippen LogP contribution is 2.36. The van der Waals surface area contributed by atoms with Crippen LogP contribution >= 0.6 is 0 Å². The fourth-order valence-corrected chi connectivity index (χ4v) is 4.03. The molecule has 11 heteroatoms. The van der Waals surface area contributed by atoms with Crippen molar-refractivity contribution < 1.29 is 26.5 Å². The number of sulfone groups is 1. The van der Waals surface area contributed by atoms with Crippen molar-refractivity contribution in [1.29, 1.82) is 0 Å². The summed E-state index contributed by atoms with van der Waals surface area (Å²) in [5.41, 5.74) is -3.98. The summed E-state index contributed by atoms with van der Waals surface area (Å²) < 4.78 is 61.4. The van der Waals surface area contributed by atoms with Crippen LogP contribution in [0, 0.1) is 17.0 Å². The maximum atomic E-state index is 12.8. The lowest BCUT2D eigenvalue weighted by Crippen LogP contribution is -2.46. The van der Waals surface area contributed by atoms with Gasteiger partial charge in [-0.25, -0.2) is 8.42 Å². The van der Waals surface area contributed by atoms with Gasteiger partial charge in [0.15, 0.2) is 0 Å². The molecule has 3 rings (SSSR count). The minimum atomic E-state index is -5.66. The largest absolute Gasteiger partial charge is 0.501 e. The molecule has 0 aliphatic carbocycles. The van der Waals surface area contributed by atoms with Crippen LogP contribution in [-0.4, -0.2) is 45.0 Å². The van der Waals surface area contributed by atoms with E-state index in [4.69, 9.17) is 0 Å². The van der Waals surface area contributed by atoms with Crippen molar-refractivity contribution in [3.63, 3.8) is 0 Å². The number of alkyl halides is 3. The lowest BCUT2D eigenvalue weighted by Gasteiger charge is -2.37. The fourth-order valence-electron chi connectivity index (χ4n) is 3.25. The van der Waals surface area contributed by atoms with E-state index in [1.54, 1.807) is 4.90 Å². The van der Waals surface area contributed by atoms with Crippen LogP contribution in [0.5, 0.6) is 0 Å². The van der Waals surface area contributed by atoms with Gasteiger partial charge in [-0.05, 0) is 36.8 Å². The molecule has 0 N–H and O–H groups in total. The number of nitrogens with zero attached hydrogens (tertiary/aromatic N) is 3. The number of aryl methyl sites for hydroxylation is 1. The molecule has 2 aromatic rings. The third-order valence-electron chi connectivity index (χ3n) is 4.75. The van der Waals surface area contributed by atoms with Crippen LogP contribution in [0.1, 0.15) is 5.56 Å². The molecular weight excluding hydrogens is 411 g/mol. The van der Waals surface area contributed by atoms with Gasteiger partial charge in [-0.15, -0.1) is 0 Å². The zero-order valence-electron chi connectivity index (χ0n) is 15.4. The van der Waals surface area contributed by atoms with Gasteiger partial charge < -0.3 is 9.80 Å². The Morgan fingerprint density at radius 2 is 1.62 bits per heavy atom. The Bertz CT molecular complexity index is 1030. The zero-order valence-corrected chi connectivity index (χ0v) is 16.2. The van der Waals surface area contributed by atoms with E-state index in [2.05, 4.69) is 4.90 Å². The van der Waals surface area contributed by atoms with Gasteiger partial charge in [0.1, 0.15) is 5.69 Å². The van der Waals surface area contributed by atoms with Gasteiger partial charge in [0, 0.05) is 37.9 Å². The number of hydrogen-bond donors (Lipinski definition) is 0. The van der Waals surface area contributed by atoms with Crippen molar-refractivity contribution in [2.75, 3.05) is 36.0 Å². The standard InChI is InChI=1S/C18H18F3N3O4S/c1-13-3-2-4-14(11-13)22-7-9-23(10-8-22)16-6-5-15(12-17(16)24(25)26)29(27,28)18(19,20)21/h2-6,11-12H,7-10H2,1H3. The second-order valence-electron chi connectivity index (χ2n) is 6.67. The molecule has 1 aliphatic rings. The van der Waals surface area contributed by atoms with Crippen LogP contribution in [0.3, 0.4) is 0 Å². The van der Waals surface area contributed by atoms with Crippen molar-refractivity contribution in [3.05, 3.63) is 58.1 Å². The predicted molar refractivity (Wildman–Crippen MR) is 102 cm³/mol. The summed E-state index contributed by atoms with van der Waals surface area (Å²) in [6.45, 7) is 3.90. The highest BCUT2D eigenvalue weighted by molar-refractivity contribution is 7.92. The molecule has 0 amide bonds. The summed E-state index contributed by atoms with van der Waals surface area (Å²) in [5, 5.41) is 11.4. The summed E-state index contributed by atoms with van der Waals surface area (Å²) in [4.78, 5) is 13.2. The van der Waals surface area contributed by atoms with E-state index in [-0.39, 0.29) is 5.69 Å². The molecule has 156 valence electrons. The number of piperazine rings is 1. The Morgan fingerprint density at radius 1 is 1.00 bits per heavy atom. The SMILES string of the molecule is Cc1cccc(N2CCN(c3ccc(S(=O)(=O)C(F)(F)F)cc3[N+](=O)[O-])CC2)c1. The number of nitro benzene ring substituents is 1. The summed E-state index contributed by atoms with van der Waals surface area (Å²) in [6, 6.07) is 10.2. The molecule has 0 spiro atoms. The van der Waals surface area contributed by atoms with E-state index >= 15 is 0 Å². The predicted octanol–water partition coefficient (Wildman–Crippen LogP) is 3.52. The maximum Gasteiger partial charge on any atom is 0.501 e. The molecule has 7 nitrogen and oxygen atoms in total. The summed E-state index contributed by atoms with van der Waals surface area (Å²) >= 11 is 0. The first kappa shape index (κ1) is 20.9. The number of hydrogen-bond acceptors (Lipinski definition) is 6. The number of halogens is 3. The second kappa shape index (κ2) is 7.54. The Labute approximate surface area is 165 Å². The number of rotatable bonds is 4. The lowest BCUT2D eigenvalue weighted by molar-refractivity contribution is -0.384. The molecule has 0 unspecified atom stereocenters. The molecule has 0 bridgehead atoms. The topological polar surface area (TPSA) is 83.8 Å². The third kappa shape index (κ3) is 4.14. The van der Waals surface area contributed by atoms with Gasteiger partial charge in [-0.1, -0.05) is 12.1 Å². The second-order valence-corrected chi connectivity index (χ2v) is 8.61. The lowest BCUT2D eigenvalue weighted by atomic mass is 10.1. The third-order valence-corrected chi connectivity index (χ3v) is 6.23.